The lowest BCUT2D eigenvalue weighted by Crippen LogP contribution is -2.10. The minimum Gasteiger partial charge on any atom is -0.388 e. The third-order valence-electron chi connectivity index (χ3n) is 3.65. The number of aliphatic hydroxyl groups is 1. The fraction of sp³-hybridized carbons (Fsp3) is 0.300. The Morgan fingerprint density at radius 2 is 1.64 bits per heavy atom. The lowest BCUT2D eigenvalue weighted by Gasteiger charge is -2.11. The molecule has 2 aromatic rings. The molecule has 0 amide bonds. The number of aliphatic hydroxyl groups excluding tert-OH is 1. The fourth-order valence-corrected chi connectivity index (χ4v) is 2.29. The van der Waals surface area contributed by atoms with Crippen molar-refractivity contribution in [3.05, 3.63) is 76.9 Å². The zero-order chi connectivity index (χ0) is 15.9. The van der Waals surface area contributed by atoms with E-state index >= 15 is 0 Å². The zero-order valence-corrected chi connectivity index (χ0v) is 13.7. The summed E-state index contributed by atoms with van der Waals surface area (Å²) in [6.45, 7) is 3.00. The molecule has 0 saturated carbocycles. The number of rotatable bonds is 6. The topological polar surface area (TPSA) is 23.5 Å². The van der Waals surface area contributed by atoms with Crippen molar-refractivity contribution in [1.82, 2.24) is 4.90 Å². The van der Waals surface area contributed by atoms with E-state index in [1.165, 1.54) is 5.56 Å². The van der Waals surface area contributed by atoms with Gasteiger partial charge in [0.2, 0.25) is 0 Å². The van der Waals surface area contributed by atoms with Gasteiger partial charge in [0.15, 0.2) is 0 Å². The maximum Gasteiger partial charge on any atom is 0.0830 e. The van der Waals surface area contributed by atoms with Crippen LogP contribution in [0.1, 0.15) is 28.4 Å². The summed E-state index contributed by atoms with van der Waals surface area (Å²) in [5, 5.41) is 10.4. The molecule has 0 fully saturated rings. The second-order valence-electron chi connectivity index (χ2n) is 6.04. The van der Waals surface area contributed by atoms with Gasteiger partial charge in [0.05, 0.1) is 6.10 Å². The van der Waals surface area contributed by atoms with Crippen molar-refractivity contribution >= 4 is 6.08 Å². The third kappa shape index (κ3) is 5.14. The zero-order valence-electron chi connectivity index (χ0n) is 13.7. The van der Waals surface area contributed by atoms with Crippen LogP contribution in [-0.4, -0.2) is 30.6 Å². The predicted octanol–water partition coefficient (Wildman–Crippen LogP) is 3.85. The van der Waals surface area contributed by atoms with E-state index in [9.17, 15) is 5.11 Å². The molecule has 2 rings (SSSR count). The molecule has 22 heavy (non-hydrogen) atoms. The molecule has 2 heteroatoms. The van der Waals surface area contributed by atoms with E-state index in [1.54, 1.807) is 0 Å². The molecule has 0 radical (unpaired) electrons. The van der Waals surface area contributed by atoms with E-state index in [2.05, 4.69) is 74.5 Å². The second-order valence-corrected chi connectivity index (χ2v) is 6.04. The van der Waals surface area contributed by atoms with Crippen molar-refractivity contribution in [3.8, 4) is 0 Å². The van der Waals surface area contributed by atoms with E-state index in [-0.39, 0.29) is 0 Å². The highest BCUT2D eigenvalue weighted by Gasteiger charge is 2.08. The van der Waals surface area contributed by atoms with E-state index in [4.69, 9.17) is 0 Å². The van der Waals surface area contributed by atoms with Crippen LogP contribution in [0, 0.1) is 6.92 Å². The normalized spacial score (nSPS) is 13.0. The third-order valence-corrected chi connectivity index (χ3v) is 3.65. The van der Waals surface area contributed by atoms with Crippen LogP contribution in [-0.2, 0) is 6.42 Å². The smallest absolute Gasteiger partial charge is 0.0830 e. The molecule has 0 aliphatic rings. The highest BCUT2D eigenvalue weighted by molar-refractivity contribution is 5.50. The van der Waals surface area contributed by atoms with Gasteiger partial charge in [0.25, 0.3) is 0 Å². The summed E-state index contributed by atoms with van der Waals surface area (Å²) in [4.78, 5) is 2.12. The Morgan fingerprint density at radius 1 is 1.00 bits per heavy atom. The van der Waals surface area contributed by atoms with E-state index in [1.807, 2.05) is 12.1 Å². The van der Waals surface area contributed by atoms with Crippen molar-refractivity contribution < 1.29 is 5.11 Å². The first-order chi connectivity index (χ1) is 10.5. The molecule has 1 unspecified atom stereocenters. The van der Waals surface area contributed by atoms with Crippen LogP contribution in [0.4, 0.5) is 0 Å². The van der Waals surface area contributed by atoms with Gasteiger partial charge in [0, 0.05) is 13.0 Å². The van der Waals surface area contributed by atoms with Gasteiger partial charge in [0.1, 0.15) is 0 Å². The average molecular weight is 295 g/mol. The molecule has 0 spiro atoms. The summed E-state index contributed by atoms with van der Waals surface area (Å²) in [6.07, 6.45) is 4.44. The van der Waals surface area contributed by atoms with Crippen molar-refractivity contribution in [2.45, 2.75) is 19.4 Å². The summed E-state index contributed by atoms with van der Waals surface area (Å²) in [7, 11) is 4.10. The summed E-state index contributed by atoms with van der Waals surface area (Å²) < 4.78 is 0. The fourth-order valence-electron chi connectivity index (χ4n) is 2.29. The predicted molar refractivity (Wildman–Crippen MR) is 93.9 cm³/mol. The van der Waals surface area contributed by atoms with Crippen LogP contribution in [0.2, 0.25) is 0 Å². The molecule has 1 N–H and O–H groups in total. The van der Waals surface area contributed by atoms with Crippen LogP contribution in [0.3, 0.4) is 0 Å². The number of aryl methyl sites for hydroxylation is 1. The standard InChI is InChI=1S/C20H25NO/c1-16-6-8-18(9-7-16)15-20(22)19-12-10-17(11-13-19)5-4-14-21(2)3/h4-13,20,22H,14-15H2,1-3H3. The van der Waals surface area contributed by atoms with Gasteiger partial charge in [-0.2, -0.15) is 0 Å². The highest BCUT2D eigenvalue weighted by Crippen LogP contribution is 2.19. The monoisotopic (exact) mass is 295 g/mol. The molecule has 1 atom stereocenters. The van der Waals surface area contributed by atoms with Gasteiger partial charge >= 0.3 is 0 Å². The second kappa shape index (κ2) is 7.92. The maximum absolute atomic E-state index is 10.4. The Balaban J connectivity index is 1.97. The molecule has 0 aliphatic carbocycles. The molecule has 0 bridgehead atoms. The Kier molecular flexibility index (Phi) is 5.93. The average Bonchev–Trinajstić information content (AvgIpc) is 2.50. The first-order valence-electron chi connectivity index (χ1n) is 7.69. The Labute approximate surface area is 133 Å². The summed E-state index contributed by atoms with van der Waals surface area (Å²) in [5.41, 5.74) is 4.53. The molecular formula is C20H25NO. The van der Waals surface area contributed by atoms with E-state index in [0.29, 0.717) is 6.42 Å². The van der Waals surface area contributed by atoms with Crippen molar-refractivity contribution in [3.63, 3.8) is 0 Å². The Bertz CT molecular complexity index is 597. The number of benzene rings is 2. The van der Waals surface area contributed by atoms with Crippen LogP contribution in [0.25, 0.3) is 6.08 Å². The van der Waals surface area contributed by atoms with Gasteiger partial charge in [-0.3, -0.25) is 0 Å². The first kappa shape index (κ1) is 16.5. The van der Waals surface area contributed by atoms with Crippen LogP contribution >= 0.6 is 0 Å². The molecule has 0 aliphatic heterocycles. The van der Waals surface area contributed by atoms with Crippen molar-refractivity contribution in [1.29, 1.82) is 0 Å². The minimum atomic E-state index is -0.456. The molecule has 0 aromatic heterocycles. The van der Waals surface area contributed by atoms with Gasteiger partial charge in [-0.25, -0.2) is 0 Å². The lowest BCUT2D eigenvalue weighted by molar-refractivity contribution is 0.178. The van der Waals surface area contributed by atoms with Gasteiger partial charge in [-0.15, -0.1) is 0 Å². The number of hydrogen-bond acceptors (Lipinski definition) is 2. The highest BCUT2D eigenvalue weighted by atomic mass is 16.3. The number of likely N-dealkylation sites (N-methyl/N-ethyl adjacent to an activating group) is 1. The molecule has 2 nitrogen and oxygen atoms in total. The Morgan fingerprint density at radius 3 is 2.23 bits per heavy atom. The SMILES string of the molecule is Cc1ccc(CC(O)c2ccc(C=CCN(C)C)cc2)cc1. The number of nitrogens with zero attached hydrogens (tertiary/aromatic N) is 1. The summed E-state index contributed by atoms with van der Waals surface area (Å²) in [6, 6.07) is 16.5. The van der Waals surface area contributed by atoms with Crippen LogP contribution < -0.4 is 0 Å². The first-order valence-corrected chi connectivity index (χ1v) is 7.69. The van der Waals surface area contributed by atoms with Gasteiger partial charge in [-0.05, 0) is 37.7 Å². The van der Waals surface area contributed by atoms with Crippen LogP contribution in [0.15, 0.2) is 54.6 Å². The molecule has 116 valence electrons. The number of hydrogen-bond donors (Lipinski definition) is 1. The molecule has 0 heterocycles. The summed E-state index contributed by atoms with van der Waals surface area (Å²) in [5.74, 6) is 0. The minimum absolute atomic E-state index is 0.456. The van der Waals surface area contributed by atoms with Crippen LogP contribution in [0.5, 0.6) is 0 Å². The summed E-state index contributed by atoms with van der Waals surface area (Å²) >= 11 is 0. The quantitative estimate of drug-likeness (QED) is 0.875. The van der Waals surface area contributed by atoms with E-state index < -0.39 is 6.10 Å². The largest absolute Gasteiger partial charge is 0.388 e. The molecular weight excluding hydrogens is 270 g/mol. The van der Waals surface area contributed by atoms with Crippen molar-refractivity contribution in [2.75, 3.05) is 20.6 Å². The van der Waals surface area contributed by atoms with Gasteiger partial charge < -0.3 is 10.0 Å². The van der Waals surface area contributed by atoms with Gasteiger partial charge in [-0.1, -0.05) is 66.2 Å². The molecule has 2 aromatic carbocycles. The Hall–Kier alpha value is -1.90. The van der Waals surface area contributed by atoms with Crippen molar-refractivity contribution in [2.24, 2.45) is 0 Å². The van der Waals surface area contributed by atoms with E-state index in [0.717, 1.165) is 23.2 Å². The maximum atomic E-state index is 10.4. The molecule has 0 saturated heterocycles. The lowest BCUT2D eigenvalue weighted by atomic mass is 9.99.